The van der Waals surface area contributed by atoms with Gasteiger partial charge >= 0.3 is 0 Å². The Labute approximate surface area is 322 Å². The number of nitrogens with zero attached hydrogens (tertiary/aromatic N) is 7. The van der Waals surface area contributed by atoms with Crippen molar-refractivity contribution in [1.29, 1.82) is 0 Å². The molecule has 0 bridgehead atoms. The number of nitrogens with one attached hydrogen (secondary N) is 1. The van der Waals surface area contributed by atoms with Crippen LogP contribution < -0.4 is 25.4 Å². The SMILES string of the molecule is COc1cc2c(cc(C)c(=O)n2C)c(N2CCCc3cc(-c4cnn(C5CCN(c6ccc7c(c6)C(=O)N(C6CCC(=O)NC6=O)C7=O)CC5)c4)c(C)cc32)n1. The minimum absolute atomic E-state index is 0.0422. The van der Waals surface area contributed by atoms with Crippen LogP contribution >= 0.6 is 0 Å². The van der Waals surface area contributed by atoms with Gasteiger partial charge in [0.25, 0.3) is 17.4 Å². The number of amides is 4. The average molecular weight is 755 g/mol. The van der Waals surface area contributed by atoms with Gasteiger partial charge in [-0.2, -0.15) is 10.1 Å². The van der Waals surface area contributed by atoms with E-state index >= 15 is 0 Å². The quantitative estimate of drug-likeness (QED) is 0.241. The molecule has 5 aromatic rings. The van der Waals surface area contributed by atoms with Crippen LogP contribution in [0.25, 0.3) is 22.0 Å². The molecule has 2 saturated heterocycles. The highest BCUT2D eigenvalue weighted by molar-refractivity contribution is 6.23. The van der Waals surface area contributed by atoms with Crippen molar-refractivity contribution >= 4 is 51.7 Å². The van der Waals surface area contributed by atoms with Gasteiger partial charge in [0.15, 0.2) is 0 Å². The fourth-order valence-electron chi connectivity index (χ4n) is 8.87. The second kappa shape index (κ2) is 13.5. The Bertz CT molecular complexity index is 2570. The fraction of sp³-hybridized carbons (Fsp3) is 0.357. The maximum atomic E-state index is 13.4. The molecule has 7 heterocycles. The van der Waals surface area contributed by atoms with Gasteiger partial charge in [-0.05, 0) is 99.0 Å². The summed E-state index contributed by atoms with van der Waals surface area (Å²) >= 11 is 0. The Hall–Kier alpha value is -6.31. The van der Waals surface area contributed by atoms with Crippen LogP contribution in [0.4, 0.5) is 17.2 Å². The highest BCUT2D eigenvalue weighted by Crippen LogP contribution is 2.41. The number of pyridine rings is 2. The van der Waals surface area contributed by atoms with Crippen LogP contribution in [0.1, 0.15) is 75.6 Å². The van der Waals surface area contributed by atoms with Crippen molar-refractivity contribution in [2.75, 3.05) is 36.5 Å². The second-order valence-electron chi connectivity index (χ2n) is 15.3. The van der Waals surface area contributed by atoms with E-state index in [0.717, 1.165) is 95.0 Å². The number of piperidine rings is 2. The largest absolute Gasteiger partial charge is 0.481 e. The van der Waals surface area contributed by atoms with Gasteiger partial charge in [-0.3, -0.25) is 38.9 Å². The molecule has 2 fully saturated rings. The van der Waals surface area contributed by atoms with Crippen LogP contribution in [0.2, 0.25) is 0 Å². The molecule has 4 amide bonds. The summed E-state index contributed by atoms with van der Waals surface area (Å²) < 4.78 is 9.32. The van der Waals surface area contributed by atoms with Crippen LogP contribution in [0.3, 0.4) is 0 Å². The van der Waals surface area contributed by atoms with E-state index in [9.17, 15) is 24.0 Å². The van der Waals surface area contributed by atoms with Crippen molar-refractivity contribution < 1.29 is 23.9 Å². The molecule has 0 spiro atoms. The van der Waals surface area contributed by atoms with Crippen molar-refractivity contribution in [1.82, 2.24) is 29.5 Å². The Balaban J connectivity index is 0.920. The molecule has 0 saturated carbocycles. The molecule has 56 heavy (non-hydrogen) atoms. The standard InChI is InChI=1S/C42H42N8O6/c1-23-17-34-25(6-5-13-48(34)38-32-16-24(2)40(53)46(3)35(32)20-37(45-38)56-4)18-30(23)26-21-43-49(22-26)27-11-14-47(15-12-27)28-7-8-29-31(19-28)42(55)50(41(29)54)33-9-10-36(51)44-39(33)52/h7-8,16-22,27,33H,5-6,9-15H2,1-4H3,(H,44,51,52). The van der Waals surface area contributed by atoms with Crippen LogP contribution in [-0.2, 0) is 23.1 Å². The number of fused-ring (bicyclic) bond motifs is 3. The predicted octanol–water partition coefficient (Wildman–Crippen LogP) is 4.75. The van der Waals surface area contributed by atoms with Crippen molar-refractivity contribution in [2.45, 2.75) is 64.5 Å². The molecule has 14 nitrogen and oxygen atoms in total. The van der Waals surface area contributed by atoms with E-state index in [1.165, 1.54) is 5.56 Å². The highest BCUT2D eigenvalue weighted by Gasteiger charge is 2.45. The smallest absolute Gasteiger partial charge is 0.262 e. The van der Waals surface area contributed by atoms with E-state index in [1.54, 1.807) is 30.9 Å². The summed E-state index contributed by atoms with van der Waals surface area (Å²) in [4.78, 5) is 73.9. The van der Waals surface area contributed by atoms with Crippen LogP contribution in [0, 0.1) is 13.8 Å². The zero-order chi connectivity index (χ0) is 39.0. The van der Waals surface area contributed by atoms with Gasteiger partial charge in [0.05, 0.1) is 36.0 Å². The van der Waals surface area contributed by atoms with E-state index in [1.807, 2.05) is 31.3 Å². The number of aromatic nitrogens is 4. The number of ether oxygens (including phenoxy) is 1. The molecule has 2 aromatic carbocycles. The Morgan fingerprint density at radius 2 is 1.62 bits per heavy atom. The number of benzene rings is 2. The zero-order valence-electron chi connectivity index (χ0n) is 31.8. The molecule has 286 valence electrons. The lowest BCUT2D eigenvalue weighted by Crippen LogP contribution is -2.54. The van der Waals surface area contributed by atoms with E-state index in [4.69, 9.17) is 14.8 Å². The third kappa shape index (κ3) is 5.73. The van der Waals surface area contributed by atoms with Crippen molar-refractivity contribution in [3.05, 3.63) is 93.0 Å². The van der Waals surface area contributed by atoms with E-state index in [-0.39, 0.29) is 35.6 Å². The summed E-state index contributed by atoms with van der Waals surface area (Å²) in [7, 11) is 3.38. The second-order valence-corrected chi connectivity index (χ2v) is 15.3. The summed E-state index contributed by atoms with van der Waals surface area (Å²) in [5.74, 6) is -0.779. The topological polar surface area (TPSA) is 152 Å². The van der Waals surface area contributed by atoms with Gasteiger partial charge in [0, 0.05) is 73.3 Å². The molecule has 1 unspecified atom stereocenters. The van der Waals surface area contributed by atoms with Crippen LogP contribution in [-0.4, -0.2) is 80.6 Å². The van der Waals surface area contributed by atoms with Gasteiger partial charge < -0.3 is 19.1 Å². The first-order chi connectivity index (χ1) is 27.0. The number of anilines is 3. The van der Waals surface area contributed by atoms with Crippen molar-refractivity contribution in [2.24, 2.45) is 7.05 Å². The number of carbonyl (C=O) groups excluding carboxylic acids is 4. The minimum atomic E-state index is -0.988. The van der Waals surface area contributed by atoms with E-state index < -0.39 is 29.7 Å². The number of aryl methyl sites for hydroxylation is 4. The number of hydrogen-bond acceptors (Lipinski definition) is 10. The summed E-state index contributed by atoms with van der Waals surface area (Å²) in [6, 6.07) is 12.8. The van der Waals surface area contributed by atoms with Gasteiger partial charge in [-0.1, -0.05) is 0 Å². The van der Waals surface area contributed by atoms with Crippen molar-refractivity contribution in [3.8, 4) is 17.0 Å². The number of carbonyl (C=O) groups is 4. The Kier molecular flexibility index (Phi) is 8.51. The number of imide groups is 2. The third-order valence-corrected chi connectivity index (χ3v) is 11.9. The first-order valence-corrected chi connectivity index (χ1v) is 19.1. The number of rotatable bonds is 6. The Morgan fingerprint density at radius 3 is 2.39 bits per heavy atom. The first-order valence-electron chi connectivity index (χ1n) is 19.1. The van der Waals surface area contributed by atoms with Crippen LogP contribution in [0.15, 0.2) is 59.7 Å². The number of methoxy groups -OCH3 is 1. The monoisotopic (exact) mass is 754 g/mol. The maximum absolute atomic E-state index is 13.4. The van der Waals surface area contributed by atoms with Gasteiger partial charge in [-0.25, -0.2) is 0 Å². The molecule has 4 aliphatic rings. The Morgan fingerprint density at radius 1 is 0.839 bits per heavy atom. The normalized spacial score (nSPS) is 18.8. The third-order valence-electron chi connectivity index (χ3n) is 11.9. The molecular formula is C42H42N8O6. The summed E-state index contributed by atoms with van der Waals surface area (Å²) in [6.07, 6.45) is 7.86. The summed E-state index contributed by atoms with van der Waals surface area (Å²) in [5.41, 5.74) is 8.47. The summed E-state index contributed by atoms with van der Waals surface area (Å²) in [5, 5.41) is 7.98. The lowest BCUT2D eigenvalue weighted by Gasteiger charge is -2.34. The summed E-state index contributed by atoms with van der Waals surface area (Å²) in [6.45, 7) is 6.24. The highest BCUT2D eigenvalue weighted by atomic mass is 16.5. The molecule has 9 rings (SSSR count). The van der Waals surface area contributed by atoms with Crippen molar-refractivity contribution in [3.63, 3.8) is 0 Å². The van der Waals surface area contributed by atoms with E-state index in [0.29, 0.717) is 11.4 Å². The van der Waals surface area contributed by atoms with Gasteiger partial charge in [-0.15, -0.1) is 0 Å². The number of hydrogen-bond donors (Lipinski definition) is 1. The molecule has 1 N–H and O–H groups in total. The zero-order valence-corrected chi connectivity index (χ0v) is 31.8. The van der Waals surface area contributed by atoms with E-state index in [2.05, 4.69) is 45.1 Å². The molecule has 3 aromatic heterocycles. The molecule has 0 radical (unpaired) electrons. The molecule has 4 aliphatic heterocycles. The van der Waals surface area contributed by atoms with Gasteiger partial charge in [0.2, 0.25) is 17.7 Å². The minimum Gasteiger partial charge on any atom is -0.481 e. The van der Waals surface area contributed by atoms with Crippen LogP contribution in [0.5, 0.6) is 5.88 Å². The predicted molar refractivity (Wildman–Crippen MR) is 210 cm³/mol. The lowest BCUT2D eigenvalue weighted by atomic mass is 9.93. The molecule has 0 aliphatic carbocycles. The lowest BCUT2D eigenvalue weighted by molar-refractivity contribution is -0.136. The fourth-order valence-corrected chi connectivity index (χ4v) is 8.87. The van der Waals surface area contributed by atoms with Gasteiger partial charge in [0.1, 0.15) is 11.9 Å². The molecule has 1 atom stereocenters. The first kappa shape index (κ1) is 35.4. The molecular weight excluding hydrogens is 713 g/mol. The molecule has 14 heteroatoms. The average Bonchev–Trinajstić information content (AvgIpc) is 3.79. The maximum Gasteiger partial charge on any atom is 0.262 e.